The van der Waals surface area contributed by atoms with Crippen molar-refractivity contribution in [3.8, 4) is 5.75 Å². The highest BCUT2D eigenvalue weighted by Crippen LogP contribution is 2.46. The third kappa shape index (κ3) is 4.58. The molecule has 2 saturated heterocycles. The SMILES string of the molecule is CC(C)Oc1ccnc(CN2CC[C@@]3(C[C@@H]2C)CN(C)SN3c2cccc(F)c2)c1. The summed E-state index contributed by atoms with van der Waals surface area (Å²) in [5.74, 6) is 0.695. The van der Waals surface area contributed by atoms with Gasteiger partial charge in [0.2, 0.25) is 0 Å². The van der Waals surface area contributed by atoms with Gasteiger partial charge in [-0.3, -0.25) is 14.2 Å². The van der Waals surface area contributed by atoms with Crippen LogP contribution in [0.2, 0.25) is 0 Å². The molecule has 2 aliphatic rings. The van der Waals surface area contributed by atoms with Gasteiger partial charge in [0.15, 0.2) is 0 Å². The molecule has 1 aromatic heterocycles. The van der Waals surface area contributed by atoms with Crippen LogP contribution in [0.25, 0.3) is 0 Å². The maximum absolute atomic E-state index is 13.9. The standard InChI is InChI=1S/C23H31FN4OS/c1-17(2)29-22-8-10-25-20(13-22)15-27-11-9-23(14-18(27)3)16-26(4)30-28(23)21-7-5-6-19(24)12-21/h5-8,10,12-13,17-18H,9,11,14-16H2,1-4H3/t18-,23+/m0/s1. The first-order chi connectivity index (χ1) is 14.3. The van der Waals surface area contributed by atoms with Crippen molar-refractivity contribution in [1.29, 1.82) is 0 Å². The van der Waals surface area contributed by atoms with Crippen LogP contribution in [0.15, 0.2) is 42.6 Å². The molecule has 162 valence electrons. The molecule has 1 spiro atoms. The lowest BCUT2D eigenvalue weighted by molar-refractivity contribution is 0.0991. The largest absolute Gasteiger partial charge is 0.491 e. The molecule has 7 heteroatoms. The Morgan fingerprint density at radius 3 is 2.87 bits per heavy atom. The number of piperidine rings is 1. The number of anilines is 1. The van der Waals surface area contributed by atoms with E-state index in [0.29, 0.717) is 6.04 Å². The first-order valence-electron chi connectivity index (χ1n) is 10.7. The van der Waals surface area contributed by atoms with Crippen molar-refractivity contribution in [2.75, 3.05) is 24.4 Å². The summed E-state index contributed by atoms with van der Waals surface area (Å²) in [5, 5.41) is 0. The molecule has 2 atom stereocenters. The van der Waals surface area contributed by atoms with Gasteiger partial charge in [0.1, 0.15) is 11.6 Å². The molecule has 0 unspecified atom stereocenters. The molecule has 0 saturated carbocycles. The second kappa shape index (κ2) is 8.73. The summed E-state index contributed by atoms with van der Waals surface area (Å²) >= 11 is 1.70. The molecular weight excluding hydrogens is 399 g/mol. The van der Waals surface area contributed by atoms with E-state index >= 15 is 0 Å². The summed E-state index contributed by atoms with van der Waals surface area (Å²) in [5.41, 5.74) is 2.00. The van der Waals surface area contributed by atoms with Crippen LogP contribution in [0.5, 0.6) is 5.75 Å². The number of benzene rings is 1. The second-order valence-electron chi connectivity index (χ2n) is 8.79. The highest BCUT2D eigenvalue weighted by atomic mass is 32.2. The van der Waals surface area contributed by atoms with E-state index in [9.17, 15) is 4.39 Å². The van der Waals surface area contributed by atoms with E-state index < -0.39 is 0 Å². The number of halogens is 1. The van der Waals surface area contributed by atoms with Crippen LogP contribution in [0, 0.1) is 5.82 Å². The van der Waals surface area contributed by atoms with Crippen LogP contribution in [-0.2, 0) is 6.54 Å². The van der Waals surface area contributed by atoms with Gasteiger partial charge in [-0.25, -0.2) is 8.70 Å². The molecule has 0 bridgehead atoms. The van der Waals surface area contributed by atoms with E-state index in [4.69, 9.17) is 4.74 Å². The molecule has 0 radical (unpaired) electrons. The predicted molar refractivity (Wildman–Crippen MR) is 121 cm³/mol. The fourth-order valence-electron chi connectivity index (χ4n) is 4.67. The molecule has 2 aromatic rings. The molecule has 0 N–H and O–H groups in total. The molecule has 0 aliphatic carbocycles. The number of rotatable bonds is 5. The summed E-state index contributed by atoms with van der Waals surface area (Å²) in [4.78, 5) is 7.06. The fraction of sp³-hybridized carbons (Fsp3) is 0.522. The van der Waals surface area contributed by atoms with E-state index in [0.717, 1.165) is 49.6 Å². The molecule has 2 fully saturated rings. The number of nitrogens with zero attached hydrogens (tertiary/aromatic N) is 4. The van der Waals surface area contributed by atoms with Crippen molar-refractivity contribution in [3.05, 3.63) is 54.1 Å². The summed E-state index contributed by atoms with van der Waals surface area (Å²) in [6.45, 7) is 9.14. The number of aromatic nitrogens is 1. The van der Waals surface area contributed by atoms with Gasteiger partial charge in [-0.05, 0) is 64.9 Å². The summed E-state index contributed by atoms with van der Waals surface area (Å²) in [7, 11) is 2.12. The van der Waals surface area contributed by atoms with Crippen LogP contribution in [0.3, 0.4) is 0 Å². The van der Waals surface area contributed by atoms with Gasteiger partial charge in [-0.1, -0.05) is 6.07 Å². The number of hydrogen-bond acceptors (Lipinski definition) is 6. The highest BCUT2D eigenvalue weighted by Gasteiger charge is 2.48. The molecule has 4 rings (SSSR count). The summed E-state index contributed by atoms with van der Waals surface area (Å²) < 4.78 is 24.3. The van der Waals surface area contributed by atoms with Crippen LogP contribution in [0.4, 0.5) is 10.1 Å². The quantitative estimate of drug-likeness (QED) is 0.637. The third-order valence-electron chi connectivity index (χ3n) is 5.90. The molecular formula is C23H31FN4OS. The molecule has 1 aromatic carbocycles. The van der Waals surface area contributed by atoms with Crippen molar-refractivity contribution in [2.45, 2.75) is 57.8 Å². The highest BCUT2D eigenvalue weighted by molar-refractivity contribution is 7.98. The van der Waals surface area contributed by atoms with Gasteiger partial charge in [-0.15, -0.1) is 0 Å². The minimum absolute atomic E-state index is 0.0131. The van der Waals surface area contributed by atoms with E-state index in [2.05, 4.69) is 38.5 Å². The predicted octanol–water partition coefficient (Wildman–Crippen LogP) is 4.75. The minimum Gasteiger partial charge on any atom is -0.491 e. The van der Waals surface area contributed by atoms with Crippen LogP contribution >= 0.6 is 12.1 Å². The van der Waals surface area contributed by atoms with Crippen molar-refractivity contribution < 1.29 is 9.13 Å². The van der Waals surface area contributed by atoms with Gasteiger partial charge in [-0.2, -0.15) is 0 Å². The monoisotopic (exact) mass is 430 g/mol. The van der Waals surface area contributed by atoms with E-state index in [1.165, 1.54) is 6.07 Å². The zero-order chi connectivity index (χ0) is 21.3. The summed E-state index contributed by atoms with van der Waals surface area (Å²) in [6.07, 6.45) is 4.05. The van der Waals surface area contributed by atoms with Gasteiger partial charge < -0.3 is 4.74 Å². The molecule has 0 amide bonds. The third-order valence-corrected chi connectivity index (χ3v) is 7.07. The maximum atomic E-state index is 13.9. The minimum atomic E-state index is -0.183. The van der Waals surface area contributed by atoms with E-state index in [1.54, 1.807) is 24.3 Å². The van der Waals surface area contributed by atoms with E-state index in [1.807, 2.05) is 32.2 Å². The first-order valence-corrected chi connectivity index (χ1v) is 11.4. The topological polar surface area (TPSA) is 31.8 Å². The van der Waals surface area contributed by atoms with Crippen molar-refractivity contribution in [2.24, 2.45) is 0 Å². The van der Waals surface area contributed by atoms with Crippen LogP contribution < -0.4 is 9.04 Å². The molecule has 3 heterocycles. The van der Waals surface area contributed by atoms with Crippen LogP contribution in [0.1, 0.15) is 39.3 Å². The number of hydrogen-bond donors (Lipinski definition) is 0. The van der Waals surface area contributed by atoms with Gasteiger partial charge in [0.05, 0.1) is 23.0 Å². The summed E-state index contributed by atoms with van der Waals surface area (Å²) in [6, 6.07) is 11.3. The molecule has 2 aliphatic heterocycles. The Morgan fingerprint density at radius 1 is 1.30 bits per heavy atom. The van der Waals surface area contributed by atoms with Crippen molar-refractivity contribution in [1.82, 2.24) is 14.2 Å². The average Bonchev–Trinajstić information content (AvgIpc) is 2.99. The Kier molecular flexibility index (Phi) is 6.23. The van der Waals surface area contributed by atoms with E-state index in [-0.39, 0.29) is 17.5 Å². The Balaban J connectivity index is 1.48. The number of likely N-dealkylation sites (N-methyl/N-ethyl adjacent to an activating group) is 1. The smallest absolute Gasteiger partial charge is 0.125 e. The first kappa shape index (κ1) is 21.4. The second-order valence-corrected chi connectivity index (χ2v) is 9.94. The number of ether oxygens (including phenoxy) is 1. The van der Waals surface area contributed by atoms with Gasteiger partial charge >= 0.3 is 0 Å². The van der Waals surface area contributed by atoms with Gasteiger partial charge in [0.25, 0.3) is 0 Å². The number of likely N-dealkylation sites (tertiary alicyclic amines) is 1. The Bertz CT molecular complexity index is 882. The van der Waals surface area contributed by atoms with Gasteiger partial charge in [0, 0.05) is 50.1 Å². The Morgan fingerprint density at radius 2 is 2.13 bits per heavy atom. The average molecular weight is 431 g/mol. The van der Waals surface area contributed by atoms with Crippen LogP contribution in [-0.4, -0.2) is 52.0 Å². The number of pyridine rings is 1. The lowest BCUT2D eigenvalue weighted by atomic mass is 9.83. The zero-order valence-corrected chi connectivity index (χ0v) is 19.0. The lowest BCUT2D eigenvalue weighted by Crippen LogP contribution is -2.56. The molecule has 5 nitrogen and oxygen atoms in total. The Labute approximate surface area is 183 Å². The Hall–Kier alpha value is -1.83. The van der Waals surface area contributed by atoms with Crippen molar-refractivity contribution >= 4 is 17.8 Å². The maximum Gasteiger partial charge on any atom is 0.125 e. The fourth-order valence-corrected chi connectivity index (χ4v) is 5.85. The molecule has 30 heavy (non-hydrogen) atoms. The normalized spacial score (nSPS) is 25.4. The van der Waals surface area contributed by atoms with Crippen molar-refractivity contribution in [3.63, 3.8) is 0 Å². The lowest BCUT2D eigenvalue weighted by Gasteiger charge is -2.47. The zero-order valence-electron chi connectivity index (χ0n) is 18.2.